The van der Waals surface area contributed by atoms with Crippen molar-refractivity contribution in [3.05, 3.63) is 18.1 Å². The van der Waals surface area contributed by atoms with Crippen LogP contribution < -0.4 is 10.2 Å². The molecule has 19 heavy (non-hydrogen) atoms. The maximum Gasteiger partial charge on any atom is 0.329 e. The van der Waals surface area contributed by atoms with Gasteiger partial charge in [0.2, 0.25) is 5.91 Å². The highest BCUT2D eigenvalue weighted by Crippen LogP contribution is 2.12. The van der Waals surface area contributed by atoms with E-state index in [0.717, 1.165) is 0 Å². The van der Waals surface area contributed by atoms with Gasteiger partial charge in [0.15, 0.2) is 0 Å². The number of nitrogens with zero attached hydrogens (tertiary/aromatic N) is 3. The van der Waals surface area contributed by atoms with Crippen molar-refractivity contribution in [1.29, 1.82) is 0 Å². The summed E-state index contributed by atoms with van der Waals surface area (Å²) in [4.78, 5) is 31.9. The van der Waals surface area contributed by atoms with E-state index >= 15 is 0 Å². The molecule has 1 aliphatic rings. The average Bonchev–Trinajstić information content (AvgIpc) is 2.43. The summed E-state index contributed by atoms with van der Waals surface area (Å²) in [5.41, 5.74) is 0. The Kier molecular flexibility index (Phi) is 8.08. The minimum Gasteiger partial charge on any atom is -0.278 e. The van der Waals surface area contributed by atoms with Crippen LogP contribution in [0.1, 0.15) is 39.9 Å². The number of urea groups is 1. The van der Waals surface area contributed by atoms with Crippen LogP contribution in [0.25, 0.3) is 0 Å². The van der Waals surface area contributed by atoms with Crippen LogP contribution in [0, 0.1) is 6.92 Å². The van der Waals surface area contributed by atoms with Crippen LogP contribution in [-0.2, 0) is 4.79 Å². The molecule has 1 aliphatic heterocycles. The largest absolute Gasteiger partial charge is 0.329 e. The van der Waals surface area contributed by atoms with Crippen molar-refractivity contribution in [2.45, 2.75) is 41.0 Å². The van der Waals surface area contributed by atoms with Gasteiger partial charge in [0.05, 0.1) is 0 Å². The van der Waals surface area contributed by atoms with Gasteiger partial charge in [-0.25, -0.2) is 14.8 Å². The number of carbonyl (C=O) groups excluding carboxylic acids is 2. The van der Waals surface area contributed by atoms with Crippen LogP contribution in [0.3, 0.4) is 0 Å². The van der Waals surface area contributed by atoms with E-state index in [-0.39, 0.29) is 5.91 Å². The third-order valence-corrected chi connectivity index (χ3v) is 2.09. The van der Waals surface area contributed by atoms with Gasteiger partial charge in [0.25, 0.3) is 0 Å². The van der Waals surface area contributed by atoms with E-state index in [9.17, 15) is 9.59 Å². The van der Waals surface area contributed by atoms with Gasteiger partial charge < -0.3 is 0 Å². The molecule has 106 valence electrons. The summed E-state index contributed by atoms with van der Waals surface area (Å²) in [5.74, 6) is 0.867. The maximum absolute atomic E-state index is 11.5. The number of aromatic nitrogens is 2. The smallest absolute Gasteiger partial charge is 0.278 e. The Morgan fingerprint density at radius 3 is 2.37 bits per heavy atom. The predicted octanol–water partition coefficient (Wildman–Crippen LogP) is 2.28. The van der Waals surface area contributed by atoms with Gasteiger partial charge in [-0.15, -0.1) is 0 Å². The maximum atomic E-state index is 11.5. The number of hydrogen-bond donors (Lipinski definition) is 1. The second kappa shape index (κ2) is 9.02. The minimum absolute atomic E-state index is 0.248. The van der Waals surface area contributed by atoms with Crippen LogP contribution in [0.15, 0.2) is 12.3 Å². The first-order valence-electron chi connectivity index (χ1n) is 6.58. The van der Waals surface area contributed by atoms with Crippen molar-refractivity contribution in [2.75, 3.05) is 11.4 Å². The van der Waals surface area contributed by atoms with Gasteiger partial charge in [-0.3, -0.25) is 15.0 Å². The molecule has 6 nitrogen and oxygen atoms in total. The molecule has 2 rings (SSSR count). The van der Waals surface area contributed by atoms with E-state index in [2.05, 4.69) is 15.3 Å². The fraction of sp³-hybridized carbons (Fsp3) is 0.538. The molecular formula is C13H22N4O2. The fourth-order valence-electron chi connectivity index (χ4n) is 1.38. The molecule has 0 aromatic carbocycles. The Morgan fingerprint density at radius 1 is 1.21 bits per heavy atom. The normalized spacial score (nSPS) is 13.6. The number of hydrogen-bond acceptors (Lipinski definition) is 4. The zero-order valence-corrected chi connectivity index (χ0v) is 12.2. The van der Waals surface area contributed by atoms with Crippen LogP contribution >= 0.6 is 0 Å². The molecule has 1 fully saturated rings. The molecule has 0 radical (unpaired) electrons. The van der Waals surface area contributed by atoms with E-state index in [1.54, 1.807) is 19.2 Å². The Morgan fingerprint density at radius 2 is 1.84 bits per heavy atom. The monoisotopic (exact) mass is 266 g/mol. The summed E-state index contributed by atoms with van der Waals surface area (Å²) < 4.78 is 0. The van der Waals surface area contributed by atoms with Crippen molar-refractivity contribution in [1.82, 2.24) is 15.3 Å². The van der Waals surface area contributed by atoms with E-state index in [4.69, 9.17) is 0 Å². The van der Waals surface area contributed by atoms with Crippen molar-refractivity contribution < 1.29 is 9.59 Å². The third kappa shape index (κ3) is 5.03. The summed E-state index contributed by atoms with van der Waals surface area (Å²) in [6.45, 7) is 10.1. The lowest BCUT2D eigenvalue weighted by molar-refractivity contribution is -0.120. The molecule has 0 spiro atoms. The summed E-state index contributed by atoms with van der Waals surface area (Å²) in [5, 5.41) is 2.23. The van der Waals surface area contributed by atoms with E-state index in [1.807, 2.05) is 27.7 Å². The second-order valence-corrected chi connectivity index (χ2v) is 3.22. The number of anilines is 1. The van der Waals surface area contributed by atoms with Crippen LogP contribution in [0.4, 0.5) is 10.6 Å². The molecule has 0 atom stereocenters. The van der Waals surface area contributed by atoms with Crippen molar-refractivity contribution in [3.63, 3.8) is 0 Å². The summed E-state index contributed by atoms with van der Waals surface area (Å²) in [6, 6.07) is 1.21. The van der Waals surface area contributed by atoms with Gasteiger partial charge in [0, 0.05) is 19.2 Å². The number of imide groups is 1. The SMILES string of the molecule is CC.CC.Cc1nccc(N2CCC(=O)NC2=O)n1. The molecule has 3 amide bonds. The molecule has 0 saturated carbocycles. The van der Waals surface area contributed by atoms with Crippen molar-refractivity contribution >= 4 is 17.8 Å². The first-order chi connectivity index (χ1) is 9.16. The van der Waals surface area contributed by atoms with E-state index in [1.165, 1.54) is 4.90 Å². The summed E-state index contributed by atoms with van der Waals surface area (Å²) in [7, 11) is 0. The first kappa shape index (κ1) is 17.0. The van der Waals surface area contributed by atoms with Gasteiger partial charge in [-0.1, -0.05) is 27.7 Å². The average molecular weight is 266 g/mol. The zero-order valence-electron chi connectivity index (χ0n) is 12.2. The molecule has 2 heterocycles. The van der Waals surface area contributed by atoms with Crippen molar-refractivity contribution in [3.8, 4) is 0 Å². The topological polar surface area (TPSA) is 75.2 Å². The molecular weight excluding hydrogens is 244 g/mol. The Labute approximate surface area is 114 Å². The molecule has 0 aliphatic carbocycles. The third-order valence-electron chi connectivity index (χ3n) is 2.09. The fourth-order valence-corrected chi connectivity index (χ4v) is 1.38. The van der Waals surface area contributed by atoms with Crippen LogP contribution in [0.2, 0.25) is 0 Å². The number of carbonyl (C=O) groups is 2. The standard InChI is InChI=1S/C9H10N4O2.2C2H6/c1-6-10-4-2-7(11-6)13-5-3-8(14)12-9(13)15;2*1-2/h2,4H,3,5H2,1H3,(H,12,14,15);2*1-2H3. The zero-order chi connectivity index (χ0) is 14.8. The highest BCUT2D eigenvalue weighted by Gasteiger charge is 2.24. The lowest BCUT2D eigenvalue weighted by Crippen LogP contribution is -2.49. The predicted molar refractivity (Wildman–Crippen MR) is 75.0 cm³/mol. The minimum atomic E-state index is -0.427. The quantitative estimate of drug-likeness (QED) is 0.846. The van der Waals surface area contributed by atoms with Crippen LogP contribution in [0.5, 0.6) is 0 Å². The lowest BCUT2D eigenvalue weighted by atomic mass is 10.3. The van der Waals surface area contributed by atoms with Gasteiger partial charge in [-0.05, 0) is 13.0 Å². The molecule has 6 heteroatoms. The van der Waals surface area contributed by atoms with E-state index < -0.39 is 6.03 Å². The van der Waals surface area contributed by atoms with Crippen molar-refractivity contribution in [2.24, 2.45) is 0 Å². The number of rotatable bonds is 1. The molecule has 0 unspecified atom stereocenters. The Hall–Kier alpha value is -1.98. The number of amides is 3. The lowest BCUT2D eigenvalue weighted by Gasteiger charge is -2.25. The molecule has 1 aromatic heterocycles. The summed E-state index contributed by atoms with van der Waals surface area (Å²) in [6.07, 6.45) is 1.89. The highest BCUT2D eigenvalue weighted by molar-refractivity contribution is 6.05. The molecule has 0 bridgehead atoms. The molecule has 1 aromatic rings. The number of nitrogens with one attached hydrogen (secondary N) is 1. The summed E-state index contributed by atoms with van der Waals surface area (Å²) >= 11 is 0. The Bertz CT molecular complexity index is 421. The highest BCUT2D eigenvalue weighted by atomic mass is 16.2. The van der Waals surface area contributed by atoms with Gasteiger partial charge in [0.1, 0.15) is 11.6 Å². The van der Waals surface area contributed by atoms with Crippen LogP contribution in [-0.4, -0.2) is 28.5 Å². The first-order valence-corrected chi connectivity index (χ1v) is 6.58. The van der Waals surface area contributed by atoms with E-state index in [0.29, 0.717) is 24.6 Å². The molecule has 1 saturated heterocycles. The van der Waals surface area contributed by atoms with Gasteiger partial charge >= 0.3 is 6.03 Å². The second-order valence-electron chi connectivity index (χ2n) is 3.22. The number of aryl methyl sites for hydroxylation is 1. The molecule has 1 N–H and O–H groups in total. The van der Waals surface area contributed by atoms with Gasteiger partial charge in [-0.2, -0.15) is 0 Å². The Balaban J connectivity index is 0.000000741.